The first kappa shape index (κ1) is 18.2. The van der Waals surface area contributed by atoms with Crippen LogP contribution in [0.5, 0.6) is 5.75 Å². The molecule has 2 aliphatic heterocycles. The van der Waals surface area contributed by atoms with Crippen molar-refractivity contribution in [2.75, 3.05) is 31.7 Å². The van der Waals surface area contributed by atoms with Gasteiger partial charge in [-0.25, -0.2) is 8.42 Å². The van der Waals surface area contributed by atoms with Gasteiger partial charge in [0.1, 0.15) is 5.75 Å². The Bertz CT molecular complexity index is 733. The molecule has 2 aliphatic rings. The van der Waals surface area contributed by atoms with Crippen molar-refractivity contribution in [2.24, 2.45) is 0 Å². The molecule has 0 spiro atoms. The highest BCUT2D eigenvalue weighted by molar-refractivity contribution is 7.91. The number of benzene rings is 1. The molecule has 0 aromatic heterocycles. The summed E-state index contributed by atoms with van der Waals surface area (Å²) in [6, 6.07) is 6.10. The Hall–Kier alpha value is -1.60. The molecule has 1 aromatic carbocycles. The van der Waals surface area contributed by atoms with E-state index < -0.39 is 9.84 Å². The number of ether oxygens (including phenoxy) is 1. The third kappa shape index (κ3) is 4.95. The van der Waals surface area contributed by atoms with E-state index in [1.165, 1.54) is 5.56 Å². The van der Waals surface area contributed by atoms with Crippen LogP contribution in [0.4, 0.5) is 0 Å². The number of hydrogen-bond acceptors (Lipinski definition) is 5. The maximum atomic E-state index is 12.1. The van der Waals surface area contributed by atoms with Crippen LogP contribution in [0.25, 0.3) is 0 Å². The topological polar surface area (TPSA) is 75.7 Å². The summed E-state index contributed by atoms with van der Waals surface area (Å²) in [4.78, 5) is 14.1. The molecule has 0 saturated carbocycles. The van der Waals surface area contributed by atoms with Gasteiger partial charge in [0, 0.05) is 25.6 Å². The van der Waals surface area contributed by atoms with E-state index >= 15 is 0 Å². The largest absolute Gasteiger partial charge is 0.493 e. The molecular weight excluding hydrogens is 340 g/mol. The Morgan fingerprint density at radius 2 is 2.24 bits per heavy atom. The Morgan fingerprint density at radius 1 is 1.40 bits per heavy atom. The third-order valence-electron chi connectivity index (χ3n) is 4.99. The predicted molar refractivity (Wildman–Crippen MR) is 96.4 cm³/mol. The van der Waals surface area contributed by atoms with Crippen molar-refractivity contribution in [1.29, 1.82) is 0 Å². The zero-order chi connectivity index (χ0) is 17.9. The Balaban J connectivity index is 1.42. The van der Waals surface area contributed by atoms with Crippen molar-refractivity contribution in [3.8, 4) is 5.75 Å². The normalized spacial score (nSPS) is 21.6. The summed E-state index contributed by atoms with van der Waals surface area (Å²) in [5.41, 5.74) is 2.29. The minimum absolute atomic E-state index is 0.0123. The molecule has 0 radical (unpaired) electrons. The van der Waals surface area contributed by atoms with E-state index in [-0.39, 0.29) is 23.5 Å². The fourth-order valence-corrected chi connectivity index (χ4v) is 5.20. The minimum Gasteiger partial charge on any atom is -0.493 e. The van der Waals surface area contributed by atoms with Gasteiger partial charge in [0.25, 0.3) is 0 Å². The second-order valence-electron chi connectivity index (χ2n) is 6.96. The van der Waals surface area contributed by atoms with Gasteiger partial charge in [0.15, 0.2) is 9.84 Å². The van der Waals surface area contributed by atoms with Crippen LogP contribution in [0.15, 0.2) is 18.2 Å². The van der Waals surface area contributed by atoms with E-state index in [2.05, 4.69) is 11.4 Å². The summed E-state index contributed by atoms with van der Waals surface area (Å²) in [6.07, 6.45) is 3.09. The molecule has 0 unspecified atom stereocenters. The van der Waals surface area contributed by atoms with Gasteiger partial charge >= 0.3 is 0 Å². The quantitative estimate of drug-likeness (QED) is 0.817. The standard InChI is InChI=1S/C18H26N2O4S/c1-20(16-7-10-25(22,23)13-16)8-6-18(21)19-12-14-4-5-17-15(11-14)3-2-9-24-17/h4-5,11,16H,2-3,6-10,12-13H2,1H3,(H,19,21)/t16-/m0/s1. The van der Waals surface area contributed by atoms with E-state index in [4.69, 9.17) is 4.74 Å². The Labute approximate surface area is 149 Å². The second-order valence-corrected chi connectivity index (χ2v) is 9.19. The lowest BCUT2D eigenvalue weighted by molar-refractivity contribution is -0.121. The fraction of sp³-hybridized carbons (Fsp3) is 0.611. The van der Waals surface area contributed by atoms with E-state index in [0.29, 0.717) is 25.9 Å². The second kappa shape index (κ2) is 7.74. The highest BCUT2D eigenvalue weighted by Gasteiger charge is 2.30. The fourth-order valence-electron chi connectivity index (χ4n) is 3.40. The van der Waals surface area contributed by atoms with Gasteiger partial charge in [-0.05, 0) is 43.5 Å². The van der Waals surface area contributed by atoms with Crippen LogP contribution in [0.1, 0.15) is 30.4 Å². The number of amides is 1. The van der Waals surface area contributed by atoms with E-state index in [9.17, 15) is 13.2 Å². The predicted octanol–water partition coefficient (Wildman–Crippen LogP) is 1.14. The summed E-state index contributed by atoms with van der Waals surface area (Å²) in [5, 5.41) is 2.94. The van der Waals surface area contributed by atoms with Crippen molar-refractivity contribution < 1.29 is 17.9 Å². The molecule has 2 heterocycles. The average Bonchev–Trinajstić information content (AvgIpc) is 2.97. The number of hydrogen-bond donors (Lipinski definition) is 1. The molecule has 0 aliphatic carbocycles. The van der Waals surface area contributed by atoms with Crippen molar-refractivity contribution in [1.82, 2.24) is 10.2 Å². The van der Waals surface area contributed by atoms with Gasteiger partial charge in [-0.1, -0.05) is 12.1 Å². The minimum atomic E-state index is -2.89. The van der Waals surface area contributed by atoms with Crippen LogP contribution in [0, 0.1) is 0 Å². The highest BCUT2D eigenvalue weighted by atomic mass is 32.2. The maximum Gasteiger partial charge on any atom is 0.221 e. The first-order valence-electron chi connectivity index (χ1n) is 8.85. The van der Waals surface area contributed by atoms with Crippen LogP contribution in [0.2, 0.25) is 0 Å². The molecule has 1 fully saturated rings. The SMILES string of the molecule is CN(CCC(=O)NCc1ccc2c(c1)CCCO2)[C@H]1CCS(=O)(=O)C1. The number of carbonyl (C=O) groups excluding carboxylic acids is 1. The first-order valence-corrected chi connectivity index (χ1v) is 10.7. The van der Waals surface area contributed by atoms with Crippen LogP contribution >= 0.6 is 0 Å². The molecule has 6 nitrogen and oxygen atoms in total. The lowest BCUT2D eigenvalue weighted by Crippen LogP contribution is -2.36. The number of sulfone groups is 1. The molecule has 3 rings (SSSR count). The number of nitrogens with one attached hydrogen (secondary N) is 1. The number of rotatable bonds is 6. The Kier molecular flexibility index (Phi) is 5.64. The van der Waals surface area contributed by atoms with E-state index in [1.54, 1.807) is 0 Å². The summed E-state index contributed by atoms with van der Waals surface area (Å²) in [7, 11) is -0.994. The number of aryl methyl sites for hydroxylation is 1. The molecule has 0 bridgehead atoms. The van der Waals surface area contributed by atoms with Crippen molar-refractivity contribution in [3.05, 3.63) is 29.3 Å². The van der Waals surface area contributed by atoms with E-state index in [1.807, 2.05) is 24.1 Å². The van der Waals surface area contributed by atoms with Gasteiger partial charge in [-0.3, -0.25) is 4.79 Å². The molecule has 7 heteroatoms. The summed E-state index contributed by atoms with van der Waals surface area (Å²) in [6.45, 7) is 1.86. The molecule has 1 saturated heterocycles. The van der Waals surface area contributed by atoms with Crippen LogP contribution in [-0.4, -0.2) is 57.0 Å². The van der Waals surface area contributed by atoms with E-state index in [0.717, 1.165) is 30.8 Å². The monoisotopic (exact) mass is 366 g/mol. The number of fused-ring (bicyclic) bond motifs is 1. The van der Waals surface area contributed by atoms with Gasteiger partial charge in [-0.15, -0.1) is 0 Å². The molecule has 138 valence electrons. The summed E-state index contributed by atoms with van der Waals surface area (Å²) >= 11 is 0. The van der Waals surface area contributed by atoms with Crippen molar-refractivity contribution >= 4 is 15.7 Å². The summed E-state index contributed by atoms with van der Waals surface area (Å²) in [5.74, 6) is 1.41. The maximum absolute atomic E-state index is 12.1. The Morgan fingerprint density at radius 3 is 3.00 bits per heavy atom. The lowest BCUT2D eigenvalue weighted by atomic mass is 10.0. The van der Waals surface area contributed by atoms with Crippen molar-refractivity contribution in [2.45, 2.75) is 38.3 Å². The third-order valence-corrected chi connectivity index (χ3v) is 6.74. The van der Waals surface area contributed by atoms with Crippen LogP contribution in [-0.2, 0) is 27.6 Å². The molecule has 1 amide bonds. The molecule has 25 heavy (non-hydrogen) atoms. The highest BCUT2D eigenvalue weighted by Crippen LogP contribution is 2.25. The van der Waals surface area contributed by atoms with Crippen LogP contribution < -0.4 is 10.1 Å². The van der Waals surface area contributed by atoms with Gasteiger partial charge in [-0.2, -0.15) is 0 Å². The van der Waals surface area contributed by atoms with Gasteiger partial charge < -0.3 is 15.0 Å². The first-order chi connectivity index (χ1) is 11.9. The van der Waals surface area contributed by atoms with Gasteiger partial charge in [0.05, 0.1) is 18.1 Å². The molecular formula is C18H26N2O4S. The summed E-state index contributed by atoms with van der Waals surface area (Å²) < 4.78 is 28.7. The van der Waals surface area contributed by atoms with Crippen molar-refractivity contribution in [3.63, 3.8) is 0 Å². The molecule has 1 aromatic rings. The number of carbonyl (C=O) groups is 1. The van der Waals surface area contributed by atoms with Gasteiger partial charge in [0.2, 0.25) is 5.91 Å². The zero-order valence-electron chi connectivity index (χ0n) is 14.7. The zero-order valence-corrected chi connectivity index (χ0v) is 15.5. The van der Waals surface area contributed by atoms with Crippen LogP contribution in [0.3, 0.4) is 0 Å². The molecule has 1 N–H and O–H groups in total. The lowest BCUT2D eigenvalue weighted by Gasteiger charge is -2.22. The average molecular weight is 366 g/mol. The number of nitrogens with zero attached hydrogens (tertiary/aromatic N) is 1. The molecule has 1 atom stereocenters. The smallest absolute Gasteiger partial charge is 0.221 e.